The number of pyridine rings is 1. The molecular formula is C7H6ClF2NO. The maximum absolute atomic E-state index is 12.2. The van der Waals surface area contributed by atoms with Crippen LogP contribution in [0.2, 0.25) is 5.02 Å². The third kappa shape index (κ3) is 1.48. The standard InChI is InChI=1S/C7H6ClF2NO/c1-3-6(8)5(7(9)10)4(12)2-11-3/h2,7,12H,1H3. The maximum Gasteiger partial charge on any atom is 0.268 e. The molecule has 0 unspecified atom stereocenters. The van der Waals surface area contributed by atoms with Crippen molar-refractivity contribution in [3.63, 3.8) is 0 Å². The normalized spacial score (nSPS) is 10.8. The second-order valence-electron chi connectivity index (χ2n) is 2.26. The average Bonchev–Trinajstić information content (AvgIpc) is 1.97. The van der Waals surface area contributed by atoms with Gasteiger partial charge in [-0.3, -0.25) is 4.98 Å². The van der Waals surface area contributed by atoms with E-state index in [-0.39, 0.29) is 10.7 Å². The molecule has 2 nitrogen and oxygen atoms in total. The van der Waals surface area contributed by atoms with Crippen molar-refractivity contribution in [3.8, 4) is 5.75 Å². The topological polar surface area (TPSA) is 33.1 Å². The van der Waals surface area contributed by atoms with Gasteiger partial charge in [0.05, 0.1) is 22.5 Å². The van der Waals surface area contributed by atoms with Gasteiger partial charge >= 0.3 is 0 Å². The van der Waals surface area contributed by atoms with E-state index in [4.69, 9.17) is 16.7 Å². The largest absolute Gasteiger partial charge is 0.506 e. The van der Waals surface area contributed by atoms with Gasteiger partial charge in [-0.1, -0.05) is 11.6 Å². The van der Waals surface area contributed by atoms with Gasteiger partial charge in [0, 0.05) is 0 Å². The third-order valence-corrected chi connectivity index (χ3v) is 1.91. The number of aryl methyl sites for hydroxylation is 1. The lowest BCUT2D eigenvalue weighted by Crippen LogP contribution is -1.92. The Morgan fingerprint density at radius 2 is 2.17 bits per heavy atom. The van der Waals surface area contributed by atoms with Crippen LogP contribution in [0.1, 0.15) is 17.7 Å². The van der Waals surface area contributed by atoms with Crippen molar-refractivity contribution in [1.82, 2.24) is 4.98 Å². The monoisotopic (exact) mass is 193 g/mol. The molecule has 1 N–H and O–H groups in total. The molecule has 0 amide bonds. The van der Waals surface area contributed by atoms with Crippen LogP contribution < -0.4 is 0 Å². The number of hydrogen-bond acceptors (Lipinski definition) is 2. The molecule has 0 fully saturated rings. The summed E-state index contributed by atoms with van der Waals surface area (Å²) >= 11 is 5.49. The molecule has 1 heterocycles. The molecular weight excluding hydrogens is 188 g/mol. The van der Waals surface area contributed by atoms with Crippen molar-refractivity contribution < 1.29 is 13.9 Å². The highest BCUT2D eigenvalue weighted by atomic mass is 35.5. The molecule has 0 aliphatic rings. The minimum Gasteiger partial charge on any atom is -0.506 e. The summed E-state index contributed by atoms with van der Waals surface area (Å²) in [4.78, 5) is 3.61. The summed E-state index contributed by atoms with van der Waals surface area (Å²) in [5.74, 6) is -0.569. The van der Waals surface area contributed by atoms with E-state index in [1.807, 2.05) is 0 Å². The van der Waals surface area contributed by atoms with E-state index in [2.05, 4.69) is 4.98 Å². The Hall–Kier alpha value is -0.900. The Morgan fingerprint density at radius 1 is 1.58 bits per heavy atom. The highest BCUT2D eigenvalue weighted by Gasteiger charge is 2.18. The maximum atomic E-state index is 12.2. The van der Waals surface area contributed by atoms with Crippen LogP contribution in [0.15, 0.2) is 6.20 Å². The Labute approximate surface area is 72.8 Å². The lowest BCUT2D eigenvalue weighted by molar-refractivity contribution is 0.147. The van der Waals surface area contributed by atoms with Gasteiger partial charge in [-0.05, 0) is 6.92 Å². The van der Waals surface area contributed by atoms with Crippen molar-refractivity contribution in [2.75, 3.05) is 0 Å². The molecule has 1 aromatic rings. The van der Waals surface area contributed by atoms with Crippen molar-refractivity contribution >= 4 is 11.6 Å². The molecule has 0 atom stereocenters. The fourth-order valence-electron chi connectivity index (χ4n) is 0.799. The number of aromatic nitrogens is 1. The van der Waals surface area contributed by atoms with E-state index >= 15 is 0 Å². The van der Waals surface area contributed by atoms with Crippen LogP contribution in [0.3, 0.4) is 0 Å². The Balaban J connectivity index is 3.33. The van der Waals surface area contributed by atoms with E-state index < -0.39 is 17.7 Å². The molecule has 0 aliphatic heterocycles. The summed E-state index contributed by atoms with van der Waals surface area (Å²) in [7, 11) is 0. The lowest BCUT2D eigenvalue weighted by atomic mass is 10.2. The fraction of sp³-hybridized carbons (Fsp3) is 0.286. The quantitative estimate of drug-likeness (QED) is 0.744. The van der Waals surface area contributed by atoms with E-state index in [1.165, 1.54) is 6.92 Å². The predicted molar refractivity (Wildman–Crippen MR) is 40.6 cm³/mol. The molecule has 0 saturated heterocycles. The van der Waals surface area contributed by atoms with Crippen LogP contribution in [0.25, 0.3) is 0 Å². The van der Waals surface area contributed by atoms with Crippen molar-refractivity contribution in [1.29, 1.82) is 0 Å². The molecule has 0 aromatic carbocycles. The molecule has 0 spiro atoms. The Morgan fingerprint density at radius 3 is 2.58 bits per heavy atom. The zero-order valence-electron chi connectivity index (χ0n) is 6.18. The minimum absolute atomic E-state index is 0.176. The smallest absolute Gasteiger partial charge is 0.268 e. The first-order chi connectivity index (χ1) is 5.54. The fourth-order valence-corrected chi connectivity index (χ4v) is 1.03. The number of halogens is 3. The highest BCUT2D eigenvalue weighted by Crippen LogP contribution is 2.34. The Kier molecular flexibility index (Phi) is 2.47. The molecule has 0 saturated carbocycles. The number of hydrogen-bond donors (Lipinski definition) is 1. The van der Waals surface area contributed by atoms with Crippen LogP contribution in [-0.4, -0.2) is 10.1 Å². The molecule has 12 heavy (non-hydrogen) atoms. The van der Waals surface area contributed by atoms with Gasteiger partial charge in [-0.15, -0.1) is 0 Å². The van der Waals surface area contributed by atoms with Crippen molar-refractivity contribution in [2.45, 2.75) is 13.3 Å². The van der Waals surface area contributed by atoms with Crippen molar-refractivity contribution in [2.24, 2.45) is 0 Å². The zero-order valence-corrected chi connectivity index (χ0v) is 6.94. The molecule has 0 bridgehead atoms. The van der Waals surface area contributed by atoms with E-state index in [0.717, 1.165) is 6.20 Å². The number of alkyl halides is 2. The summed E-state index contributed by atoms with van der Waals surface area (Å²) in [6, 6.07) is 0. The van der Waals surface area contributed by atoms with Gasteiger partial charge in [-0.2, -0.15) is 0 Å². The van der Waals surface area contributed by atoms with Gasteiger partial charge in [0.25, 0.3) is 6.43 Å². The lowest BCUT2D eigenvalue weighted by Gasteiger charge is -2.06. The van der Waals surface area contributed by atoms with Crippen LogP contribution in [-0.2, 0) is 0 Å². The molecule has 1 aromatic heterocycles. The zero-order chi connectivity index (χ0) is 9.30. The summed E-state index contributed by atoms with van der Waals surface area (Å²) in [6.07, 6.45) is -1.82. The molecule has 0 aliphatic carbocycles. The SMILES string of the molecule is Cc1ncc(O)c(C(F)F)c1Cl. The second-order valence-corrected chi connectivity index (χ2v) is 2.64. The van der Waals surface area contributed by atoms with E-state index in [1.54, 1.807) is 0 Å². The van der Waals surface area contributed by atoms with Crippen molar-refractivity contribution in [3.05, 3.63) is 22.5 Å². The molecule has 5 heteroatoms. The van der Waals surface area contributed by atoms with Gasteiger partial charge in [0.15, 0.2) is 0 Å². The summed E-state index contributed by atoms with van der Waals surface area (Å²) < 4.78 is 24.4. The summed E-state index contributed by atoms with van der Waals surface area (Å²) in [5.41, 5.74) is -0.270. The molecule has 0 radical (unpaired) electrons. The average molecular weight is 194 g/mol. The van der Waals surface area contributed by atoms with E-state index in [0.29, 0.717) is 0 Å². The van der Waals surface area contributed by atoms with Crippen LogP contribution >= 0.6 is 11.6 Å². The van der Waals surface area contributed by atoms with Gasteiger partial charge in [-0.25, -0.2) is 8.78 Å². The number of rotatable bonds is 1. The van der Waals surface area contributed by atoms with Crippen LogP contribution in [0.4, 0.5) is 8.78 Å². The van der Waals surface area contributed by atoms with Gasteiger partial charge in [0.1, 0.15) is 5.75 Å². The van der Waals surface area contributed by atoms with E-state index in [9.17, 15) is 8.78 Å². The second kappa shape index (κ2) is 3.23. The highest BCUT2D eigenvalue weighted by molar-refractivity contribution is 6.32. The van der Waals surface area contributed by atoms with Gasteiger partial charge < -0.3 is 5.11 Å². The third-order valence-electron chi connectivity index (χ3n) is 1.43. The minimum atomic E-state index is -2.78. The number of aromatic hydroxyl groups is 1. The first-order valence-corrected chi connectivity index (χ1v) is 3.54. The van der Waals surface area contributed by atoms with Gasteiger partial charge in [0.2, 0.25) is 0 Å². The predicted octanol–water partition coefficient (Wildman–Crippen LogP) is 2.69. The summed E-state index contributed by atoms with van der Waals surface area (Å²) in [5, 5.41) is 8.78. The number of nitrogens with zero attached hydrogens (tertiary/aromatic N) is 1. The summed E-state index contributed by atoms with van der Waals surface area (Å²) in [6.45, 7) is 1.49. The molecule has 1 rings (SSSR count). The van der Waals surface area contributed by atoms with Crippen LogP contribution in [0.5, 0.6) is 5.75 Å². The first kappa shape index (κ1) is 9.19. The van der Waals surface area contributed by atoms with Crippen LogP contribution in [0, 0.1) is 6.92 Å². The first-order valence-electron chi connectivity index (χ1n) is 3.16. The molecule has 66 valence electrons. The Bertz CT molecular complexity index is 304.